The van der Waals surface area contributed by atoms with Crippen molar-refractivity contribution in [2.45, 2.75) is 24.8 Å². The zero-order valence-corrected chi connectivity index (χ0v) is 12.4. The van der Waals surface area contributed by atoms with E-state index in [1.165, 1.54) is 7.05 Å². The number of nitrogens with zero attached hydrogens (tertiary/aromatic N) is 1. The number of aryl methyl sites for hydroxylation is 1. The van der Waals surface area contributed by atoms with Crippen LogP contribution in [0.15, 0.2) is 27.6 Å². The molecule has 1 atom stereocenters. The van der Waals surface area contributed by atoms with Crippen LogP contribution in [0.3, 0.4) is 0 Å². The highest BCUT2D eigenvalue weighted by molar-refractivity contribution is 9.10. The summed E-state index contributed by atoms with van der Waals surface area (Å²) in [5.41, 5.74) is 0.864. The lowest BCUT2D eigenvalue weighted by Gasteiger charge is -2.19. The molecule has 0 unspecified atom stereocenters. The second-order valence-electron chi connectivity index (χ2n) is 4.10. The summed E-state index contributed by atoms with van der Waals surface area (Å²) in [5.74, 6) is 0. The molecule has 96 valence electrons. The molecule has 0 saturated carbocycles. The molecule has 1 aromatic rings. The fourth-order valence-corrected chi connectivity index (χ4v) is 3.64. The lowest BCUT2D eigenvalue weighted by Crippen LogP contribution is -2.33. The third-order valence-electron chi connectivity index (χ3n) is 2.25. The standard InChI is InChI=1S/C11H16BrNO3S/c1-8-4-10(12)6-11(5-8)17(15,16)13(3)7-9(2)14/h4-6,9,14H,7H2,1-3H3/t9-/m1/s1. The number of halogens is 1. The van der Waals surface area contributed by atoms with Gasteiger partial charge in [-0.3, -0.25) is 0 Å². The number of aliphatic hydroxyl groups excluding tert-OH is 1. The molecule has 17 heavy (non-hydrogen) atoms. The van der Waals surface area contributed by atoms with E-state index in [4.69, 9.17) is 0 Å². The highest BCUT2D eigenvalue weighted by Gasteiger charge is 2.22. The fourth-order valence-electron chi connectivity index (χ4n) is 1.50. The van der Waals surface area contributed by atoms with Crippen molar-refractivity contribution < 1.29 is 13.5 Å². The average Bonchev–Trinajstić information content (AvgIpc) is 2.14. The second-order valence-corrected chi connectivity index (χ2v) is 7.06. The van der Waals surface area contributed by atoms with Crippen molar-refractivity contribution in [1.82, 2.24) is 4.31 Å². The number of hydrogen-bond acceptors (Lipinski definition) is 3. The summed E-state index contributed by atoms with van der Waals surface area (Å²) >= 11 is 3.27. The maximum atomic E-state index is 12.2. The van der Waals surface area contributed by atoms with E-state index in [0.29, 0.717) is 0 Å². The Balaban J connectivity index is 3.12. The van der Waals surface area contributed by atoms with Gasteiger partial charge in [-0.2, -0.15) is 4.31 Å². The summed E-state index contributed by atoms with van der Waals surface area (Å²) in [6.45, 7) is 3.46. The molecule has 0 fully saturated rings. The van der Waals surface area contributed by atoms with Crippen LogP contribution in [-0.2, 0) is 10.0 Å². The van der Waals surface area contributed by atoms with Crippen LogP contribution in [0, 0.1) is 6.92 Å². The molecule has 0 amide bonds. The molecule has 0 aliphatic heterocycles. The maximum Gasteiger partial charge on any atom is 0.242 e. The molecule has 0 spiro atoms. The fraction of sp³-hybridized carbons (Fsp3) is 0.455. The normalized spacial score (nSPS) is 14.0. The van der Waals surface area contributed by atoms with E-state index >= 15 is 0 Å². The number of hydrogen-bond donors (Lipinski definition) is 1. The first-order valence-electron chi connectivity index (χ1n) is 5.15. The van der Waals surface area contributed by atoms with Gasteiger partial charge in [-0.15, -0.1) is 0 Å². The van der Waals surface area contributed by atoms with E-state index in [0.717, 1.165) is 14.3 Å². The second kappa shape index (κ2) is 5.48. The lowest BCUT2D eigenvalue weighted by atomic mass is 10.2. The van der Waals surface area contributed by atoms with Crippen molar-refractivity contribution in [1.29, 1.82) is 0 Å². The van der Waals surface area contributed by atoms with Crippen LogP contribution >= 0.6 is 15.9 Å². The zero-order valence-electron chi connectivity index (χ0n) is 10.0. The molecule has 1 aromatic carbocycles. The molecule has 1 rings (SSSR count). The van der Waals surface area contributed by atoms with Crippen LogP contribution in [0.5, 0.6) is 0 Å². The van der Waals surface area contributed by atoms with Crippen molar-refractivity contribution in [3.05, 3.63) is 28.2 Å². The third-order valence-corrected chi connectivity index (χ3v) is 4.50. The SMILES string of the molecule is Cc1cc(Br)cc(S(=O)(=O)N(C)C[C@@H](C)O)c1. The van der Waals surface area contributed by atoms with Gasteiger partial charge in [0.05, 0.1) is 11.0 Å². The van der Waals surface area contributed by atoms with Gasteiger partial charge in [-0.25, -0.2) is 8.42 Å². The van der Waals surface area contributed by atoms with Gasteiger partial charge in [0.15, 0.2) is 0 Å². The van der Waals surface area contributed by atoms with Crippen LogP contribution in [0.2, 0.25) is 0 Å². The zero-order chi connectivity index (χ0) is 13.2. The number of benzene rings is 1. The predicted octanol–water partition coefficient (Wildman–Crippen LogP) is 1.76. The van der Waals surface area contributed by atoms with Crippen LogP contribution in [0.4, 0.5) is 0 Å². The van der Waals surface area contributed by atoms with Crippen molar-refractivity contribution in [2.24, 2.45) is 0 Å². The van der Waals surface area contributed by atoms with Gasteiger partial charge < -0.3 is 5.11 Å². The number of likely N-dealkylation sites (N-methyl/N-ethyl adjacent to an activating group) is 1. The van der Waals surface area contributed by atoms with Gasteiger partial charge in [0.25, 0.3) is 0 Å². The average molecular weight is 322 g/mol. The molecule has 1 N–H and O–H groups in total. The molecular formula is C11H16BrNO3S. The molecule has 0 aliphatic carbocycles. The van der Waals surface area contributed by atoms with Crippen LogP contribution < -0.4 is 0 Å². The Morgan fingerprint density at radius 2 is 2.00 bits per heavy atom. The quantitative estimate of drug-likeness (QED) is 0.919. The molecule has 0 saturated heterocycles. The molecule has 0 aromatic heterocycles. The Hall–Kier alpha value is -0.430. The van der Waals surface area contributed by atoms with Gasteiger partial charge in [0.2, 0.25) is 10.0 Å². The largest absolute Gasteiger partial charge is 0.392 e. The summed E-state index contributed by atoms with van der Waals surface area (Å²) in [6.07, 6.45) is -0.692. The Labute approximate surface area is 110 Å². The molecule has 0 bridgehead atoms. The molecule has 4 nitrogen and oxygen atoms in total. The van der Waals surface area contributed by atoms with E-state index in [2.05, 4.69) is 15.9 Å². The van der Waals surface area contributed by atoms with E-state index in [1.807, 2.05) is 13.0 Å². The summed E-state index contributed by atoms with van der Waals surface area (Å²) in [7, 11) is -2.08. The minimum Gasteiger partial charge on any atom is -0.392 e. The van der Waals surface area contributed by atoms with Crippen molar-refractivity contribution in [3.63, 3.8) is 0 Å². The van der Waals surface area contributed by atoms with E-state index in [1.54, 1.807) is 19.1 Å². The number of sulfonamides is 1. The lowest BCUT2D eigenvalue weighted by molar-refractivity contribution is 0.171. The molecule has 6 heteroatoms. The summed E-state index contributed by atoms with van der Waals surface area (Å²) < 4.78 is 26.2. The van der Waals surface area contributed by atoms with E-state index in [9.17, 15) is 13.5 Å². The summed E-state index contributed by atoms with van der Waals surface area (Å²) in [6, 6.07) is 5.01. The Morgan fingerprint density at radius 1 is 1.41 bits per heavy atom. The van der Waals surface area contributed by atoms with E-state index < -0.39 is 16.1 Å². The van der Waals surface area contributed by atoms with Crippen LogP contribution in [0.25, 0.3) is 0 Å². The van der Waals surface area contributed by atoms with Crippen molar-refractivity contribution >= 4 is 26.0 Å². The molecule has 0 heterocycles. The minimum atomic E-state index is -3.54. The molecular weight excluding hydrogens is 306 g/mol. The maximum absolute atomic E-state index is 12.2. The highest BCUT2D eigenvalue weighted by atomic mass is 79.9. The first-order valence-corrected chi connectivity index (χ1v) is 7.38. The Morgan fingerprint density at radius 3 is 2.47 bits per heavy atom. The van der Waals surface area contributed by atoms with Gasteiger partial charge in [0, 0.05) is 18.1 Å². The Kier molecular flexibility index (Phi) is 4.71. The number of rotatable bonds is 4. The highest BCUT2D eigenvalue weighted by Crippen LogP contribution is 2.21. The Bertz CT molecular complexity index is 479. The number of aliphatic hydroxyl groups is 1. The summed E-state index contributed by atoms with van der Waals surface area (Å²) in [4.78, 5) is 0.229. The van der Waals surface area contributed by atoms with Crippen molar-refractivity contribution in [2.75, 3.05) is 13.6 Å². The topological polar surface area (TPSA) is 57.6 Å². The first-order chi connectivity index (χ1) is 7.73. The van der Waals surface area contributed by atoms with Crippen LogP contribution in [-0.4, -0.2) is 37.5 Å². The van der Waals surface area contributed by atoms with Gasteiger partial charge in [-0.05, 0) is 37.6 Å². The van der Waals surface area contributed by atoms with Gasteiger partial charge in [0.1, 0.15) is 0 Å². The van der Waals surface area contributed by atoms with E-state index in [-0.39, 0.29) is 11.4 Å². The first kappa shape index (κ1) is 14.6. The minimum absolute atomic E-state index is 0.0773. The summed E-state index contributed by atoms with van der Waals surface area (Å²) in [5, 5.41) is 9.23. The van der Waals surface area contributed by atoms with Crippen LogP contribution in [0.1, 0.15) is 12.5 Å². The third kappa shape index (κ3) is 3.77. The predicted molar refractivity (Wildman–Crippen MR) is 70.4 cm³/mol. The van der Waals surface area contributed by atoms with Gasteiger partial charge >= 0.3 is 0 Å². The molecule has 0 radical (unpaired) electrons. The monoisotopic (exact) mass is 321 g/mol. The van der Waals surface area contributed by atoms with Gasteiger partial charge in [-0.1, -0.05) is 15.9 Å². The van der Waals surface area contributed by atoms with Crippen molar-refractivity contribution in [3.8, 4) is 0 Å². The smallest absolute Gasteiger partial charge is 0.242 e. The molecule has 0 aliphatic rings.